The van der Waals surface area contributed by atoms with Gasteiger partial charge in [-0.05, 0) is 9.05 Å². The molecule has 0 radical (unpaired) electrons. The van der Waals surface area contributed by atoms with Crippen molar-refractivity contribution < 1.29 is 111 Å². The fourth-order valence-electron chi connectivity index (χ4n) is 4.50. The summed E-state index contributed by atoms with van der Waals surface area (Å²) in [5.41, 5.74) is -34.2. The maximum Gasteiger partial charge on any atom is 0.456 e. The van der Waals surface area contributed by atoms with Crippen LogP contribution in [-0.2, 0) is 14.6 Å². The molecule has 4 rings (SSSR count). The van der Waals surface area contributed by atoms with E-state index in [1.807, 2.05) is 0 Å². The first kappa shape index (κ1) is 30.9. The highest BCUT2D eigenvalue weighted by Crippen LogP contribution is 2.89. The molecule has 0 spiro atoms. The molecule has 4 aliphatic rings. The molecule has 4 saturated carbocycles. The standard InChI is InChI=1S/C13F22O3/c14-1-5(18,19)2(15)8(24,25)3(16,6(1,20)21)10(28,4(17,7(1,22)23)9(2,26)27)36-12(30,31)11(29,37-34)13(32,33)38-35. The van der Waals surface area contributed by atoms with Crippen LogP contribution >= 0.6 is 0 Å². The summed E-state index contributed by atoms with van der Waals surface area (Å²) >= 11 is 0. The molecule has 224 valence electrons. The van der Waals surface area contributed by atoms with Gasteiger partial charge >= 0.3 is 76.2 Å². The zero-order chi connectivity index (χ0) is 30.6. The van der Waals surface area contributed by atoms with Crippen molar-refractivity contribution in [2.45, 2.75) is 76.2 Å². The van der Waals surface area contributed by atoms with Crippen molar-refractivity contribution in [3.05, 3.63) is 0 Å². The number of hydrogen-bond donors (Lipinski definition) is 0. The van der Waals surface area contributed by atoms with Crippen LogP contribution in [-0.4, -0.2) is 76.2 Å². The molecule has 25 heteroatoms. The lowest BCUT2D eigenvalue weighted by Gasteiger charge is -2.74. The van der Waals surface area contributed by atoms with Crippen molar-refractivity contribution in [1.29, 1.82) is 0 Å². The van der Waals surface area contributed by atoms with E-state index in [0.29, 0.717) is 0 Å². The predicted octanol–water partition coefficient (Wildman–Crippen LogP) is 6.37. The van der Waals surface area contributed by atoms with Gasteiger partial charge in [0.1, 0.15) is 0 Å². The molecule has 0 N–H and O–H groups in total. The second-order valence-corrected chi connectivity index (χ2v) is 7.99. The highest BCUT2D eigenvalue weighted by atomic mass is 19.4. The number of halogens is 22. The highest BCUT2D eigenvalue weighted by molar-refractivity contribution is 5.54. The van der Waals surface area contributed by atoms with E-state index in [-0.39, 0.29) is 0 Å². The summed E-state index contributed by atoms with van der Waals surface area (Å²) in [4.78, 5) is 2.10. The molecule has 1 atom stereocenters. The Morgan fingerprint density at radius 1 is 0.368 bits per heavy atom. The zero-order valence-electron chi connectivity index (χ0n) is 16.0. The molecule has 1 unspecified atom stereocenters. The topological polar surface area (TPSA) is 27.7 Å². The minimum absolute atomic E-state index is 1.04. The Morgan fingerprint density at radius 3 is 0.868 bits per heavy atom. The number of ether oxygens (including phenoxy) is 1. The Labute approximate surface area is 189 Å². The van der Waals surface area contributed by atoms with Crippen molar-refractivity contribution in [1.82, 2.24) is 0 Å². The molecule has 38 heavy (non-hydrogen) atoms. The quantitative estimate of drug-likeness (QED) is 0.323. The molecule has 0 saturated heterocycles. The van der Waals surface area contributed by atoms with Gasteiger partial charge in [0, 0.05) is 0 Å². The lowest BCUT2D eigenvalue weighted by atomic mass is 9.40. The lowest BCUT2D eigenvalue weighted by Crippen LogP contribution is -3.09. The Bertz CT molecular complexity index is 952. The van der Waals surface area contributed by atoms with Crippen LogP contribution in [0.4, 0.5) is 96.9 Å². The number of rotatable bonds is 6. The first-order chi connectivity index (χ1) is 16.3. The van der Waals surface area contributed by atoms with Crippen molar-refractivity contribution in [3.8, 4) is 0 Å². The van der Waals surface area contributed by atoms with Gasteiger partial charge in [0.05, 0.1) is 0 Å². The molecule has 0 aromatic rings. The molecule has 4 aliphatic carbocycles. The molecule has 4 fully saturated rings. The summed E-state index contributed by atoms with van der Waals surface area (Å²) in [7, 11) is 0. The Hall–Kier alpha value is -1.66. The fourth-order valence-corrected chi connectivity index (χ4v) is 4.50. The van der Waals surface area contributed by atoms with Crippen LogP contribution in [0.3, 0.4) is 0 Å². The summed E-state index contributed by atoms with van der Waals surface area (Å²) in [5.74, 6) is -59.5. The van der Waals surface area contributed by atoms with Gasteiger partial charge < -0.3 is 0 Å². The van der Waals surface area contributed by atoms with Crippen LogP contribution in [0.5, 0.6) is 0 Å². The molecular formula is C13F22O3. The van der Waals surface area contributed by atoms with Gasteiger partial charge in [-0.25, -0.2) is 22.0 Å². The molecule has 0 amide bonds. The molecule has 0 heterocycles. The second-order valence-electron chi connectivity index (χ2n) is 7.99. The van der Waals surface area contributed by atoms with Gasteiger partial charge in [-0.2, -0.15) is 65.9 Å². The summed E-state index contributed by atoms with van der Waals surface area (Å²) in [6.07, 6.45) is -15.8. The summed E-state index contributed by atoms with van der Waals surface area (Å²) < 4.78 is 310. The van der Waals surface area contributed by atoms with Crippen LogP contribution in [0.2, 0.25) is 0 Å². The third-order valence-electron chi connectivity index (χ3n) is 6.43. The smallest absolute Gasteiger partial charge is 0.271 e. The molecule has 0 aromatic carbocycles. The maximum atomic E-state index is 15.2. The van der Waals surface area contributed by atoms with E-state index in [1.165, 1.54) is 4.74 Å². The summed E-state index contributed by atoms with van der Waals surface area (Å²) in [6.45, 7) is 0. The third kappa shape index (κ3) is 2.05. The van der Waals surface area contributed by atoms with Crippen LogP contribution in [0.25, 0.3) is 0 Å². The van der Waals surface area contributed by atoms with Crippen LogP contribution < -0.4 is 0 Å². The van der Waals surface area contributed by atoms with Gasteiger partial charge in [0.25, 0.3) is 0 Å². The van der Waals surface area contributed by atoms with E-state index >= 15 is 13.2 Å². The molecule has 0 aliphatic heterocycles. The second kappa shape index (κ2) is 6.62. The Kier molecular flexibility index (Phi) is 5.38. The van der Waals surface area contributed by atoms with Gasteiger partial charge in [0.2, 0.25) is 0 Å². The third-order valence-corrected chi connectivity index (χ3v) is 6.43. The van der Waals surface area contributed by atoms with E-state index in [9.17, 15) is 83.7 Å². The Balaban J connectivity index is 2.57. The monoisotopic (exact) mass is 622 g/mol. The van der Waals surface area contributed by atoms with Gasteiger partial charge in [-0.15, -0.1) is 9.88 Å². The minimum Gasteiger partial charge on any atom is -0.271 e. The first-order valence-corrected chi connectivity index (χ1v) is 8.40. The largest absolute Gasteiger partial charge is 0.456 e. The summed E-state index contributed by atoms with van der Waals surface area (Å²) in [6, 6.07) is 0. The maximum absolute atomic E-state index is 15.2. The summed E-state index contributed by atoms with van der Waals surface area (Å²) in [5, 5.41) is 0. The SMILES string of the molecule is FOC(F)(F)C(F)(OF)C(F)(F)OC1(F)C2(F)C(F)(F)C3(F)C(F)(F)C(F)(C2(F)F)C(F)(F)C1(F)C3(F)F. The average Bonchev–Trinajstić information content (AvgIpc) is 2.76. The first-order valence-electron chi connectivity index (χ1n) is 8.40. The van der Waals surface area contributed by atoms with Crippen LogP contribution in [0.15, 0.2) is 0 Å². The minimum atomic E-state index is -8.76. The lowest BCUT2D eigenvalue weighted by molar-refractivity contribution is -0.639. The van der Waals surface area contributed by atoms with Crippen molar-refractivity contribution in [2.75, 3.05) is 0 Å². The molecular weight excluding hydrogens is 622 g/mol. The zero-order valence-corrected chi connectivity index (χ0v) is 16.0. The highest BCUT2D eigenvalue weighted by Gasteiger charge is 3.24. The number of alkyl halides is 20. The van der Waals surface area contributed by atoms with Gasteiger partial charge in [-0.3, -0.25) is 4.74 Å². The van der Waals surface area contributed by atoms with Crippen molar-refractivity contribution in [2.24, 2.45) is 0 Å². The molecule has 3 nitrogen and oxygen atoms in total. The van der Waals surface area contributed by atoms with E-state index in [0.717, 1.165) is 9.88 Å². The van der Waals surface area contributed by atoms with Crippen LogP contribution in [0.1, 0.15) is 0 Å². The van der Waals surface area contributed by atoms with Gasteiger partial charge in [0.15, 0.2) is 0 Å². The van der Waals surface area contributed by atoms with E-state index in [1.54, 1.807) is 0 Å². The van der Waals surface area contributed by atoms with Crippen LogP contribution in [0, 0.1) is 0 Å². The predicted molar refractivity (Wildman–Crippen MR) is 63.1 cm³/mol. The molecule has 4 bridgehead atoms. The molecule has 0 aromatic heterocycles. The van der Waals surface area contributed by atoms with E-state index in [4.69, 9.17) is 0 Å². The fraction of sp³-hybridized carbons (Fsp3) is 1.00. The van der Waals surface area contributed by atoms with E-state index in [2.05, 4.69) is 0 Å². The number of hydrogen-bond acceptors (Lipinski definition) is 3. The van der Waals surface area contributed by atoms with Crippen molar-refractivity contribution in [3.63, 3.8) is 0 Å². The van der Waals surface area contributed by atoms with Gasteiger partial charge in [-0.1, -0.05) is 0 Å². The Morgan fingerprint density at radius 2 is 0.632 bits per heavy atom. The van der Waals surface area contributed by atoms with Crippen molar-refractivity contribution >= 4 is 0 Å². The van der Waals surface area contributed by atoms with E-state index < -0.39 is 76.2 Å². The average molecular weight is 622 g/mol. The normalized spacial score (nSPS) is 45.6.